The molecule has 0 unspecified atom stereocenters. The van der Waals surface area contributed by atoms with Crippen LogP contribution in [-0.2, 0) is 0 Å². The first-order chi connectivity index (χ1) is 13.4. The number of hydrogen-bond acceptors (Lipinski definition) is 2. The number of aromatic nitrogens is 1. The van der Waals surface area contributed by atoms with Crippen molar-refractivity contribution in [1.29, 1.82) is 0 Å². The normalized spacial score (nSPS) is 12.4. The second-order valence-electron chi connectivity index (χ2n) is 8.70. The number of pyridine rings is 1. The van der Waals surface area contributed by atoms with Gasteiger partial charge in [-0.25, -0.2) is 0 Å². The van der Waals surface area contributed by atoms with Gasteiger partial charge in [-0.3, -0.25) is 4.98 Å². The molecule has 0 saturated carbocycles. The number of fused-ring (bicyclic) bond motifs is 3. The lowest BCUT2D eigenvalue weighted by atomic mass is 9.95. The highest BCUT2D eigenvalue weighted by Gasteiger charge is 2.24. The Balaban J connectivity index is 1.94. The third-order valence-electron chi connectivity index (χ3n) is 5.85. The Labute approximate surface area is 168 Å². The van der Waals surface area contributed by atoms with Crippen LogP contribution in [0.5, 0.6) is 0 Å². The molecule has 2 heterocycles. The number of hydrogen-bond donors (Lipinski definition) is 0. The van der Waals surface area contributed by atoms with Crippen LogP contribution in [0.2, 0.25) is 19.6 Å². The zero-order valence-corrected chi connectivity index (χ0v) is 18.5. The van der Waals surface area contributed by atoms with Crippen molar-refractivity contribution >= 4 is 35.2 Å². The topological polar surface area (TPSA) is 26.0 Å². The summed E-state index contributed by atoms with van der Waals surface area (Å²) in [6.07, 6.45) is 4.35. The number of nitrogens with zero attached hydrogens (tertiary/aromatic N) is 1. The maximum Gasteiger partial charge on any atom is 0.144 e. The average molecular weight is 388 g/mol. The van der Waals surface area contributed by atoms with E-state index in [4.69, 9.17) is 9.40 Å². The van der Waals surface area contributed by atoms with Gasteiger partial charge in [0.1, 0.15) is 11.2 Å². The molecule has 0 aliphatic rings. The predicted molar refractivity (Wildman–Crippen MR) is 123 cm³/mol. The average Bonchev–Trinajstić information content (AvgIpc) is 3.07. The van der Waals surface area contributed by atoms with Crippen molar-refractivity contribution in [2.75, 3.05) is 0 Å². The summed E-state index contributed by atoms with van der Waals surface area (Å²) < 4.78 is 6.38. The molecule has 28 heavy (non-hydrogen) atoms. The van der Waals surface area contributed by atoms with E-state index in [0.717, 1.165) is 35.3 Å². The first kappa shape index (κ1) is 18.9. The van der Waals surface area contributed by atoms with Gasteiger partial charge in [-0.1, -0.05) is 63.8 Å². The minimum atomic E-state index is -1.52. The molecular weight excluding hydrogens is 358 g/mol. The molecule has 4 aromatic rings. The van der Waals surface area contributed by atoms with Gasteiger partial charge in [0.2, 0.25) is 0 Å². The summed E-state index contributed by atoms with van der Waals surface area (Å²) in [6.45, 7) is 11.7. The van der Waals surface area contributed by atoms with Gasteiger partial charge in [0.25, 0.3) is 0 Å². The van der Waals surface area contributed by atoms with Crippen LogP contribution in [0.15, 0.2) is 59.1 Å². The molecule has 2 aromatic heterocycles. The Morgan fingerprint density at radius 3 is 2.32 bits per heavy atom. The molecular formula is C25H29NOSi. The molecule has 144 valence electrons. The fourth-order valence-electron chi connectivity index (χ4n) is 4.22. The fraction of sp³-hybridized carbons (Fsp3) is 0.320. The van der Waals surface area contributed by atoms with Crippen molar-refractivity contribution in [3.63, 3.8) is 0 Å². The molecule has 3 heteroatoms. The molecule has 0 spiro atoms. The van der Waals surface area contributed by atoms with Gasteiger partial charge in [0.15, 0.2) is 0 Å². The second kappa shape index (κ2) is 7.21. The fourth-order valence-corrected chi connectivity index (χ4v) is 5.80. The van der Waals surface area contributed by atoms with Gasteiger partial charge >= 0.3 is 0 Å². The number of para-hydroxylation sites is 1. The van der Waals surface area contributed by atoms with Crippen molar-refractivity contribution in [3.8, 4) is 11.3 Å². The summed E-state index contributed by atoms with van der Waals surface area (Å²) >= 11 is 0. The minimum absolute atomic E-state index is 0.585. The van der Waals surface area contributed by atoms with Gasteiger partial charge in [-0.15, -0.1) is 0 Å². The van der Waals surface area contributed by atoms with Crippen molar-refractivity contribution in [2.24, 2.45) is 0 Å². The molecule has 4 rings (SSSR count). The van der Waals surface area contributed by atoms with Crippen LogP contribution in [0.1, 0.15) is 38.2 Å². The summed E-state index contributed by atoms with van der Waals surface area (Å²) in [5.41, 5.74) is 5.33. The largest absolute Gasteiger partial charge is 0.455 e. The highest BCUT2D eigenvalue weighted by molar-refractivity contribution is 6.90. The number of furan rings is 1. The summed E-state index contributed by atoms with van der Waals surface area (Å²) in [4.78, 5) is 4.83. The Hall–Kier alpha value is -2.39. The van der Waals surface area contributed by atoms with Gasteiger partial charge in [0.05, 0.1) is 13.8 Å². The minimum Gasteiger partial charge on any atom is -0.455 e. The van der Waals surface area contributed by atoms with Crippen LogP contribution in [0.25, 0.3) is 33.2 Å². The van der Waals surface area contributed by atoms with Crippen molar-refractivity contribution in [1.82, 2.24) is 4.98 Å². The van der Waals surface area contributed by atoms with E-state index >= 15 is 0 Å². The number of rotatable bonds is 5. The Kier molecular flexibility index (Phi) is 4.88. The second-order valence-corrected chi connectivity index (χ2v) is 13.7. The summed E-state index contributed by atoms with van der Waals surface area (Å²) in [5.74, 6) is 0.585. The van der Waals surface area contributed by atoms with Crippen LogP contribution in [0.4, 0.5) is 0 Å². The van der Waals surface area contributed by atoms with Crippen molar-refractivity contribution in [3.05, 3.63) is 60.3 Å². The maximum atomic E-state index is 6.38. The molecule has 2 aromatic carbocycles. The van der Waals surface area contributed by atoms with E-state index in [1.54, 1.807) is 0 Å². The highest BCUT2D eigenvalue weighted by Crippen LogP contribution is 2.35. The molecule has 0 aliphatic heterocycles. The number of benzene rings is 2. The van der Waals surface area contributed by atoms with Crippen molar-refractivity contribution in [2.45, 2.75) is 52.2 Å². The molecule has 0 saturated heterocycles. The molecule has 0 radical (unpaired) electrons. The SMILES string of the molecule is CCC(CC)c1ccc(-c2ccc([Si](C)(C)C)c3c2oc2ccccc23)nc1. The van der Waals surface area contributed by atoms with Crippen LogP contribution < -0.4 is 5.19 Å². The smallest absolute Gasteiger partial charge is 0.144 e. The van der Waals surface area contributed by atoms with Crippen LogP contribution in [0.3, 0.4) is 0 Å². The summed E-state index contributed by atoms with van der Waals surface area (Å²) in [6, 6.07) is 17.3. The predicted octanol–water partition coefficient (Wildman–Crippen LogP) is 7.10. The van der Waals surface area contributed by atoms with Crippen LogP contribution in [-0.4, -0.2) is 13.1 Å². The maximum absolute atomic E-state index is 6.38. The van der Waals surface area contributed by atoms with Gasteiger partial charge < -0.3 is 4.42 Å². The van der Waals surface area contributed by atoms with Crippen LogP contribution >= 0.6 is 0 Å². The van der Waals surface area contributed by atoms with Gasteiger partial charge in [0, 0.05) is 22.5 Å². The third-order valence-corrected chi connectivity index (χ3v) is 7.89. The molecule has 0 atom stereocenters. The van der Waals surface area contributed by atoms with E-state index in [1.165, 1.54) is 21.5 Å². The zero-order chi connectivity index (χ0) is 19.9. The molecule has 0 fully saturated rings. The molecule has 0 bridgehead atoms. The quantitative estimate of drug-likeness (QED) is 0.341. The Morgan fingerprint density at radius 1 is 0.929 bits per heavy atom. The third kappa shape index (κ3) is 3.18. The monoisotopic (exact) mass is 387 g/mol. The van der Waals surface area contributed by atoms with E-state index in [0.29, 0.717) is 5.92 Å². The molecule has 0 aliphatic carbocycles. The van der Waals surface area contributed by atoms with Gasteiger partial charge in [-0.05, 0) is 47.7 Å². The highest BCUT2D eigenvalue weighted by atomic mass is 28.3. The first-order valence-electron chi connectivity index (χ1n) is 10.3. The van der Waals surface area contributed by atoms with Crippen LogP contribution in [0, 0.1) is 0 Å². The lowest BCUT2D eigenvalue weighted by Gasteiger charge is -2.19. The summed E-state index contributed by atoms with van der Waals surface area (Å²) in [7, 11) is -1.52. The first-order valence-corrected chi connectivity index (χ1v) is 13.8. The lowest BCUT2D eigenvalue weighted by molar-refractivity contribution is 0.639. The Bertz CT molecular complexity index is 1120. The van der Waals surface area contributed by atoms with Crippen molar-refractivity contribution < 1.29 is 4.42 Å². The van der Waals surface area contributed by atoms with E-state index < -0.39 is 8.07 Å². The van der Waals surface area contributed by atoms with E-state index in [1.807, 2.05) is 12.3 Å². The standard InChI is InChI=1S/C25H29NOSi/c1-6-17(7-2)18-12-14-21(26-16-18)19-13-15-23(28(3,4)5)24-20-10-8-9-11-22(20)27-25(19)24/h8-17H,6-7H2,1-5H3. The molecule has 0 N–H and O–H groups in total. The van der Waals surface area contributed by atoms with E-state index in [2.05, 4.69) is 76.0 Å². The van der Waals surface area contributed by atoms with Gasteiger partial charge in [-0.2, -0.15) is 0 Å². The molecule has 0 amide bonds. The summed E-state index contributed by atoms with van der Waals surface area (Å²) in [5, 5.41) is 3.94. The van der Waals surface area contributed by atoms with E-state index in [9.17, 15) is 0 Å². The lowest BCUT2D eigenvalue weighted by Crippen LogP contribution is -2.37. The zero-order valence-electron chi connectivity index (χ0n) is 17.5. The Morgan fingerprint density at radius 2 is 1.68 bits per heavy atom. The van der Waals surface area contributed by atoms with E-state index in [-0.39, 0.29) is 0 Å². The molecule has 2 nitrogen and oxygen atoms in total.